The van der Waals surface area contributed by atoms with Crippen LogP contribution in [0.5, 0.6) is 0 Å². The molecule has 2 rings (SSSR count). The van der Waals surface area contributed by atoms with E-state index in [2.05, 4.69) is 5.32 Å². The smallest absolute Gasteiger partial charge is 0.390 e. The lowest BCUT2D eigenvalue weighted by molar-refractivity contribution is -0.139. The summed E-state index contributed by atoms with van der Waals surface area (Å²) in [7, 11) is 0. The molecule has 0 saturated heterocycles. The summed E-state index contributed by atoms with van der Waals surface area (Å²) in [5, 5.41) is 3.84. The van der Waals surface area contributed by atoms with Crippen LogP contribution >= 0.6 is 11.6 Å². The lowest BCUT2D eigenvalue weighted by atomic mass is 10.1. The number of hydrogen-bond acceptors (Lipinski definition) is 2. The zero-order valence-electron chi connectivity index (χ0n) is 10.2. The first kappa shape index (κ1) is 14.2. The van der Waals surface area contributed by atoms with Crippen LogP contribution in [-0.4, -0.2) is 12.2 Å². The van der Waals surface area contributed by atoms with E-state index in [1.807, 2.05) is 18.2 Å². The number of para-hydroxylation sites is 1. The number of halogens is 4. The van der Waals surface area contributed by atoms with Crippen LogP contribution in [0, 0.1) is 0 Å². The molecular weight excluding hydrogens is 279 g/mol. The summed E-state index contributed by atoms with van der Waals surface area (Å²) in [5.74, 6) is 0. The highest BCUT2D eigenvalue weighted by atomic mass is 35.5. The number of fused-ring (bicyclic) bond motifs is 1. The SMILES string of the molecule is CC(CC(F)(F)F)NCc1c(Cl)oc2ccccc12. The molecule has 1 unspecified atom stereocenters. The summed E-state index contributed by atoms with van der Waals surface area (Å²) in [6.07, 6.45) is -5.05. The average molecular weight is 292 g/mol. The molecule has 0 radical (unpaired) electrons. The van der Waals surface area contributed by atoms with Gasteiger partial charge in [-0.15, -0.1) is 0 Å². The normalized spacial score (nSPS) is 13.9. The molecular formula is C13H13ClF3NO. The van der Waals surface area contributed by atoms with Crippen molar-refractivity contribution >= 4 is 22.6 Å². The Bertz CT molecular complexity index is 565. The van der Waals surface area contributed by atoms with E-state index in [4.69, 9.17) is 16.0 Å². The molecule has 1 N–H and O–H groups in total. The first-order valence-electron chi connectivity index (χ1n) is 5.83. The predicted molar refractivity (Wildman–Crippen MR) is 68.2 cm³/mol. The molecule has 0 aliphatic heterocycles. The van der Waals surface area contributed by atoms with Crippen LogP contribution in [0.2, 0.25) is 5.22 Å². The van der Waals surface area contributed by atoms with Gasteiger partial charge in [-0.2, -0.15) is 13.2 Å². The quantitative estimate of drug-likeness (QED) is 0.896. The molecule has 1 aromatic carbocycles. The Morgan fingerprint density at radius 2 is 2.00 bits per heavy atom. The molecule has 1 atom stereocenters. The van der Waals surface area contributed by atoms with Crippen LogP contribution in [0.25, 0.3) is 11.0 Å². The van der Waals surface area contributed by atoms with Gasteiger partial charge in [-0.1, -0.05) is 18.2 Å². The van der Waals surface area contributed by atoms with Crippen molar-refractivity contribution in [1.82, 2.24) is 5.32 Å². The van der Waals surface area contributed by atoms with Crippen molar-refractivity contribution in [2.45, 2.75) is 32.1 Å². The summed E-state index contributed by atoms with van der Waals surface area (Å²) in [5.41, 5.74) is 1.32. The van der Waals surface area contributed by atoms with Gasteiger partial charge in [0.1, 0.15) is 5.58 Å². The van der Waals surface area contributed by atoms with E-state index in [0.29, 0.717) is 11.1 Å². The van der Waals surface area contributed by atoms with Crippen molar-refractivity contribution in [2.75, 3.05) is 0 Å². The van der Waals surface area contributed by atoms with Gasteiger partial charge >= 0.3 is 6.18 Å². The molecule has 19 heavy (non-hydrogen) atoms. The maximum absolute atomic E-state index is 12.2. The Balaban J connectivity index is 2.08. The molecule has 0 aliphatic rings. The molecule has 6 heteroatoms. The monoisotopic (exact) mass is 291 g/mol. The molecule has 0 fully saturated rings. The Labute approximate surface area is 113 Å². The fourth-order valence-electron chi connectivity index (χ4n) is 1.93. The van der Waals surface area contributed by atoms with Crippen LogP contribution in [0.1, 0.15) is 18.9 Å². The Kier molecular flexibility index (Phi) is 4.06. The van der Waals surface area contributed by atoms with Gasteiger partial charge in [-0.25, -0.2) is 0 Å². The van der Waals surface area contributed by atoms with Crippen molar-refractivity contribution in [3.05, 3.63) is 35.0 Å². The van der Waals surface area contributed by atoms with Crippen molar-refractivity contribution < 1.29 is 17.6 Å². The van der Waals surface area contributed by atoms with Crippen LogP contribution < -0.4 is 5.32 Å². The molecule has 1 heterocycles. The van der Waals surface area contributed by atoms with Gasteiger partial charge in [0, 0.05) is 23.5 Å². The highest BCUT2D eigenvalue weighted by Crippen LogP contribution is 2.29. The highest BCUT2D eigenvalue weighted by Gasteiger charge is 2.29. The largest absolute Gasteiger partial charge is 0.444 e. The molecule has 0 amide bonds. The molecule has 0 spiro atoms. The lowest BCUT2D eigenvalue weighted by Gasteiger charge is -2.15. The maximum Gasteiger partial charge on any atom is 0.390 e. The molecule has 0 bridgehead atoms. The van der Waals surface area contributed by atoms with Crippen LogP contribution in [0.3, 0.4) is 0 Å². The Morgan fingerprint density at radius 3 is 2.68 bits per heavy atom. The summed E-state index contributed by atoms with van der Waals surface area (Å²) < 4.78 is 42.0. The van der Waals surface area contributed by atoms with E-state index in [1.54, 1.807) is 6.07 Å². The number of benzene rings is 1. The molecule has 0 saturated carbocycles. The van der Waals surface area contributed by atoms with E-state index in [1.165, 1.54) is 6.92 Å². The van der Waals surface area contributed by atoms with E-state index >= 15 is 0 Å². The maximum atomic E-state index is 12.2. The minimum Gasteiger partial charge on any atom is -0.444 e. The third-order valence-corrected chi connectivity index (χ3v) is 3.12. The second-order valence-corrected chi connectivity index (χ2v) is 4.80. The molecule has 0 aliphatic carbocycles. The van der Waals surface area contributed by atoms with Crippen LogP contribution in [-0.2, 0) is 6.54 Å². The van der Waals surface area contributed by atoms with Crippen LogP contribution in [0.4, 0.5) is 13.2 Å². The van der Waals surface area contributed by atoms with E-state index < -0.39 is 18.6 Å². The topological polar surface area (TPSA) is 25.2 Å². The lowest BCUT2D eigenvalue weighted by Crippen LogP contribution is -2.30. The third-order valence-electron chi connectivity index (χ3n) is 2.81. The molecule has 1 aromatic heterocycles. The minimum atomic E-state index is -4.17. The number of rotatable bonds is 4. The fourth-order valence-corrected chi connectivity index (χ4v) is 2.18. The van der Waals surface area contributed by atoms with Gasteiger partial charge in [0.25, 0.3) is 0 Å². The fraction of sp³-hybridized carbons (Fsp3) is 0.385. The number of alkyl halides is 3. The second kappa shape index (κ2) is 5.43. The number of hydrogen-bond donors (Lipinski definition) is 1. The number of furan rings is 1. The summed E-state index contributed by atoms with van der Waals surface area (Å²) in [4.78, 5) is 0. The minimum absolute atomic E-state index is 0.216. The van der Waals surface area contributed by atoms with Crippen molar-refractivity contribution in [3.8, 4) is 0 Å². The molecule has 2 nitrogen and oxygen atoms in total. The van der Waals surface area contributed by atoms with E-state index in [-0.39, 0.29) is 11.8 Å². The molecule has 2 aromatic rings. The van der Waals surface area contributed by atoms with Gasteiger partial charge in [0.05, 0.1) is 6.42 Å². The zero-order valence-corrected chi connectivity index (χ0v) is 11.0. The third kappa shape index (κ3) is 3.64. The summed E-state index contributed by atoms with van der Waals surface area (Å²) in [6.45, 7) is 1.73. The number of nitrogens with one attached hydrogen (secondary N) is 1. The van der Waals surface area contributed by atoms with E-state index in [9.17, 15) is 13.2 Å². The Hall–Kier alpha value is -1.20. The van der Waals surface area contributed by atoms with Gasteiger partial charge in [0.2, 0.25) is 0 Å². The molecule has 104 valence electrons. The van der Waals surface area contributed by atoms with Gasteiger partial charge < -0.3 is 9.73 Å². The summed E-state index contributed by atoms with van der Waals surface area (Å²) in [6, 6.07) is 6.56. The Morgan fingerprint density at radius 1 is 1.32 bits per heavy atom. The van der Waals surface area contributed by atoms with Gasteiger partial charge in [0.15, 0.2) is 5.22 Å². The van der Waals surface area contributed by atoms with Gasteiger partial charge in [-0.3, -0.25) is 0 Å². The first-order valence-corrected chi connectivity index (χ1v) is 6.20. The first-order chi connectivity index (χ1) is 8.87. The standard InChI is InChI=1S/C13H13ClF3NO/c1-8(6-13(15,16)17)18-7-10-9-4-2-3-5-11(9)19-12(10)14/h2-5,8,18H,6-7H2,1H3. The van der Waals surface area contributed by atoms with Crippen molar-refractivity contribution in [3.63, 3.8) is 0 Å². The average Bonchev–Trinajstić information content (AvgIpc) is 2.60. The second-order valence-electron chi connectivity index (χ2n) is 4.45. The van der Waals surface area contributed by atoms with E-state index in [0.717, 1.165) is 5.39 Å². The zero-order chi connectivity index (χ0) is 14.0. The van der Waals surface area contributed by atoms with Crippen LogP contribution in [0.15, 0.2) is 28.7 Å². The van der Waals surface area contributed by atoms with Crippen molar-refractivity contribution in [1.29, 1.82) is 0 Å². The van der Waals surface area contributed by atoms with Gasteiger partial charge in [-0.05, 0) is 24.6 Å². The van der Waals surface area contributed by atoms with Crippen molar-refractivity contribution in [2.24, 2.45) is 0 Å². The predicted octanol–water partition coefficient (Wildman–Crippen LogP) is 4.52. The summed E-state index contributed by atoms with van der Waals surface area (Å²) >= 11 is 5.96. The highest BCUT2D eigenvalue weighted by molar-refractivity contribution is 6.30.